The van der Waals surface area contributed by atoms with Crippen LogP contribution in [0.2, 0.25) is 0 Å². The number of carbonyl (C=O) groups excluding carboxylic acids is 1. The summed E-state index contributed by atoms with van der Waals surface area (Å²) in [4.78, 5) is 12.2. The minimum Gasteiger partial charge on any atom is -0.326 e. The van der Waals surface area contributed by atoms with Gasteiger partial charge < -0.3 is 5.32 Å². The van der Waals surface area contributed by atoms with E-state index in [9.17, 15) is 4.79 Å². The zero-order chi connectivity index (χ0) is 17.6. The van der Waals surface area contributed by atoms with Gasteiger partial charge in [-0.3, -0.25) is 4.79 Å². The molecule has 3 rings (SSSR count). The molecule has 3 aromatic rings. The van der Waals surface area contributed by atoms with Crippen molar-refractivity contribution < 1.29 is 4.79 Å². The van der Waals surface area contributed by atoms with Gasteiger partial charge in [-0.15, -0.1) is 0 Å². The molecule has 1 amide bonds. The van der Waals surface area contributed by atoms with Gasteiger partial charge in [0.15, 0.2) is 0 Å². The first-order valence-electron chi connectivity index (χ1n) is 8.60. The molecule has 1 N–H and O–H groups in total. The van der Waals surface area contributed by atoms with Gasteiger partial charge in [-0.1, -0.05) is 44.2 Å². The molecule has 0 saturated heterocycles. The molecule has 1 aromatic heterocycles. The van der Waals surface area contributed by atoms with Crippen molar-refractivity contribution in [2.24, 2.45) is 0 Å². The van der Waals surface area contributed by atoms with Crippen molar-refractivity contribution in [3.63, 3.8) is 0 Å². The maximum atomic E-state index is 12.2. The standard InChI is InChI=1S/C21H23N3O/c1-16(2)18-7-6-8-19(13-18)23-21(25)12-11-17-14-22-24(15-17)20-9-4-3-5-10-20/h3-10,13-16H,11-12H2,1-2H3,(H,23,25). The van der Waals surface area contributed by atoms with Crippen LogP contribution in [-0.2, 0) is 11.2 Å². The van der Waals surface area contributed by atoms with Crippen molar-refractivity contribution in [3.05, 3.63) is 78.1 Å². The fourth-order valence-corrected chi connectivity index (χ4v) is 2.67. The number of benzene rings is 2. The van der Waals surface area contributed by atoms with Gasteiger partial charge in [0.25, 0.3) is 0 Å². The van der Waals surface area contributed by atoms with Crippen LogP contribution in [0.4, 0.5) is 5.69 Å². The Balaban J connectivity index is 1.56. The van der Waals surface area contributed by atoms with E-state index in [4.69, 9.17) is 0 Å². The SMILES string of the molecule is CC(C)c1cccc(NC(=O)CCc2cnn(-c3ccccc3)c2)c1. The number of nitrogens with zero attached hydrogens (tertiary/aromatic N) is 2. The second-order valence-electron chi connectivity index (χ2n) is 6.46. The van der Waals surface area contributed by atoms with Crippen LogP contribution in [0.1, 0.15) is 37.3 Å². The minimum atomic E-state index is 0.0216. The van der Waals surface area contributed by atoms with Gasteiger partial charge >= 0.3 is 0 Å². The number of anilines is 1. The summed E-state index contributed by atoms with van der Waals surface area (Å²) >= 11 is 0. The number of para-hydroxylation sites is 1. The largest absolute Gasteiger partial charge is 0.326 e. The summed E-state index contributed by atoms with van der Waals surface area (Å²) in [7, 11) is 0. The second kappa shape index (κ2) is 7.79. The van der Waals surface area contributed by atoms with Gasteiger partial charge in [0.2, 0.25) is 5.91 Å². The molecule has 1 heterocycles. The van der Waals surface area contributed by atoms with Crippen LogP contribution in [-0.4, -0.2) is 15.7 Å². The smallest absolute Gasteiger partial charge is 0.224 e. The Hall–Kier alpha value is -2.88. The highest BCUT2D eigenvalue weighted by Crippen LogP contribution is 2.18. The number of hydrogen-bond donors (Lipinski definition) is 1. The van der Waals surface area contributed by atoms with Crippen LogP contribution in [0.3, 0.4) is 0 Å². The van der Waals surface area contributed by atoms with E-state index in [1.54, 1.807) is 0 Å². The predicted octanol–water partition coefficient (Wildman–Crippen LogP) is 4.57. The summed E-state index contributed by atoms with van der Waals surface area (Å²) in [6.45, 7) is 4.29. The number of nitrogens with one attached hydrogen (secondary N) is 1. The summed E-state index contributed by atoms with van der Waals surface area (Å²) in [6.07, 6.45) is 4.90. The topological polar surface area (TPSA) is 46.9 Å². The second-order valence-corrected chi connectivity index (χ2v) is 6.46. The van der Waals surface area contributed by atoms with Gasteiger partial charge in [0.05, 0.1) is 11.9 Å². The molecular formula is C21H23N3O. The van der Waals surface area contributed by atoms with Gasteiger partial charge in [-0.05, 0) is 47.7 Å². The molecule has 0 radical (unpaired) electrons. The molecule has 2 aromatic carbocycles. The third kappa shape index (κ3) is 4.57. The Bertz CT molecular complexity index is 837. The summed E-state index contributed by atoms with van der Waals surface area (Å²) < 4.78 is 1.83. The number of hydrogen-bond acceptors (Lipinski definition) is 2. The molecule has 4 nitrogen and oxygen atoms in total. The van der Waals surface area contributed by atoms with Gasteiger partial charge in [-0.2, -0.15) is 5.10 Å². The highest BCUT2D eigenvalue weighted by molar-refractivity contribution is 5.90. The molecule has 0 spiro atoms. The van der Waals surface area contributed by atoms with Crippen LogP contribution in [0.25, 0.3) is 5.69 Å². The van der Waals surface area contributed by atoms with Crippen molar-refractivity contribution in [1.29, 1.82) is 0 Å². The van der Waals surface area contributed by atoms with E-state index in [-0.39, 0.29) is 5.91 Å². The summed E-state index contributed by atoms with van der Waals surface area (Å²) in [5.41, 5.74) is 4.15. The van der Waals surface area contributed by atoms with Crippen molar-refractivity contribution in [2.45, 2.75) is 32.6 Å². The molecule has 0 bridgehead atoms. The van der Waals surface area contributed by atoms with Gasteiger partial charge in [0, 0.05) is 18.3 Å². The summed E-state index contributed by atoms with van der Waals surface area (Å²) in [5.74, 6) is 0.467. The average molecular weight is 333 g/mol. The molecule has 25 heavy (non-hydrogen) atoms. The number of aromatic nitrogens is 2. The van der Waals surface area contributed by atoms with Crippen LogP contribution in [0, 0.1) is 0 Å². The first kappa shape index (κ1) is 17.0. The molecule has 0 fully saturated rings. The van der Waals surface area contributed by atoms with Gasteiger partial charge in [-0.25, -0.2) is 4.68 Å². The lowest BCUT2D eigenvalue weighted by Crippen LogP contribution is -2.12. The Morgan fingerprint density at radius 3 is 2.68 bits per heavy atom. The lowest BCUT2D eigenvalue weighted by molar-refractivity contribution is -0.116. The first-order chi connectivity index (χ1) is 12.1. The normalized spacial score (nSPS) is 10.8. The Kier molecular flexibility index (Phi) is 5.29. The van der Waals surface area contributed by atoms with Crippen molar-refractivity contribution in [2.75, 3.05) is 5.32 Å². The lowest BCUT2D eigenvalue weighted by Gasteiger charge is -2.09. The Morgan fingerprint density at radius 1 is 1.12 bits per heavy atom. The fourth-order valence-electron chi connectivity index (χ4n) is 2.67. The average Bonchev–Trinajstić information content (AvgIpc) is 3.10. The summed E-state index contributed by atoms with van der Waals surface area (Å²) in [5, 5.41) is 7.34. The highest BCUT2D eigenvalue weighted by Gasteiger charge is 2.07. The number of carbonyl (C=O) groups is 1. The highest BCUT2D eigenvalue weighted by atomic mass is 16.1. The minimum absolute atomic E-state index is 0.0216. The first-order valence-corrected chi connectivity index (χ1v) is 8.60. The molecule has 0 saturated carbocycles. The summed E-state index contributed by atoms with van der Waals surface area (Å²) in [6, 6.07) is 18.0. The van der Waals surface area contributed by atoms with E-state index in [0.29, 0.717) is 18.8 Å². The van der Waals surface area contributed by atoms with E-state index < -0.39 is 0 Å². The number of rotatable bonds is 6. The monoisotopic (exact) mass is 333 g/mol. The molecule has 0 unspecified atom stereocenters. The maximum absolute atomic E-state index is 12.2. The van der Waals surface area contributed by atoms with E-state index >= 15 is 0 Å². The van der Waals surface area contributed by atoms with Crippen molar-refractivity contribution in [1.82, 2.24) is 9.78 Å². The molecule has 0 aliphatic carbocycles. The van der Waals surface area contributed by atoms with Crippen molar-refractivity contribution >= 4 is 11.6 Å². The van der Waals surface area contributed by atoms with E-state index in [1.807, 2.05) is 65.6 Å². The van der Waals surface area contributed by atoms with Crippen LogP contribution in [0.15, 0.2) is 67.0 Å². The van der Waals surface area contributed by atoms with Crippen LogP contribution < -0.4 is 5.32 Å². The third-order valence-corrected chi connectivity index (χ3v) is 4.13. The molecule has 128 valence electrons. The van der Waals surface area contributed by atoms with Crippen molar-refractivity contribution in [3.8, 4) is 5.69 Å². The van der Waals surface area contributed by atoms with E-state index in [2.05, 4.69) is 30.3 Å². The number of aryl methyl sites for hydroxylation is 1. The molecule has 0 aliphatic heterocycles. The zero-order valence-corrected chi connectivity index (χ0v) is 14.6. The lowest BCUT2D eigenvalue weighted by atomic mass is 10.0. The predicted molar refractivity (Wildman–Crippen MR) is 101 cm³/mol. The molecular weight excluding hydrogens is 310 g/mol. The van der Waals surface area contributed by atoms with E-state index in [0.717, 1.165) is 16.9 Å². The third-order valence-electron chi connectivity index (χ3n) is 4.13. The Labute approximate surface area is 148 Å². The van der Waals surface area contributed by atoms with Crippen LogP contribution >= 0.6 is 0 Å². The molecule has 4 heteroatoms. The number of amides is 1. The van der Waals surface area contributed by atoms with E-state index in [1.165, 1.54) is 5.56 Å². The molecule has 0 atom stereocenters. The van der Waals surface area contributed by atoms with Crippen LogP contribution in [0.5, 0.6) is 0 Å². The Morgan fingerprint density at radius 2 is 1.92 bits per heavy atom. The zero-order valence-electron chi connectivity index (χ0n) is 14.6. The maximum Gasteiger partial charge on any atom is 0.224 e. The fraction of sp³-hybridized carbons (Fsp3) is 0.238. The molecule has 0 aliphatic rings. The van der Waals surface area contributed by atoms with Gasteiger partial charge in [0.1, 0.15) is 0 Å². The quantitative estimate of drug-likeness (QED) is 0.718.